The van der Waals surface area contributed by atoms with Gasteiger partial charge in [0, 0.05) is 22.9 Å². The van der Waals surface area contributed by atoms with E-state index >= 15 is 0 Å². The van der Waals surface area contributed by atoms with Crippen molar-refractivity contribution >= 4 is 28.8 Å². The van der Waals surface area contributed by atoms with Gasteiger partial charge in [-0.25, -0.2) is 3.53 Å². The summed E-state index contributed by atoms with van der Waals surface area (Å²) < 4.78 is 2.82. The van der Waals surface area contributed by atoms with Crippen molar-refractivity contribution in [1.82, 2.24) is 3.53 Å². The highest BCUT2D eigenvalue weighted by Gasteiger charge is 2.58. The molecule has 1 saturated carbocycles. The highest BCUT2D eigenvalue weighted by Crippen LogP contribution is 2.46. The molecule has 3 nitrogen and oxygen atoms in total. The molecule has 0 bridgehead atoms. The van der Waals surface area contributed by atoms with Crippen LogP contribution in [0.2, 0.25) is 0 Å². The van der Waals surface area contributed by atoms with Gasteiger partial charge in [-0.15, -0.1) is 0 Å². The topological polar surface area (TPSA) is 49.3 Å². The second-order valence-corrected chi connectivity index (χ2v) is 3.22. The molecule has 0 aromatic rings. The zero-order chi connectivity index (χ0) is 7.78. The first kappa shape index (κ1) is 8.26. The van der Waals surface area contributed by atoms with E-state index in [9.17, 15) is 4.79 Å². The lowest BCUT2D eigenvalue weighted by molar-refractivity contribution is -0.140. The van der Waals surface area contributed by atoms with Gasteiger partial charge < -0.3 is 5.11 Å². The van der Waals surface area contributed by atoms with Crippen LogP contribution in [0.4, 0.5) is 0 Å². The van der Waals surface area contributed by atoms with Gasteiger partial charge in [0.25, 0.3) is 0 Å². The summed E-state index contributed by atoms with van der Waals surface area (Å²) in [5.74, 6) is -0.379. The quantitative estimate of drug-likeness (QED) is 0.588. The lowest BCUT2D eigenvalue weighted by atomic mass is 10.2. The van der Waals surface area contributed by atoms with E-state index in [4.69, 9.17) is 5.11 Å². The summed E-state index contributed by atoms with van der Waals surface area (Å²) in [7, 11) is 0. The Morgan fingerprint density at radius 3 is 2.70 bits per heavy atom. The van der Waals surface area contributed by atoms with Crippen molar-refractivity contribution in [3.05, 3.63) is 0 Å². The minimum absolute atomic E-state index is 0.335. The van der Waals surface area contributed by atoms with Gasteiger partial charge in [-0.1, -0.05) is 13.3 Å². The summed E-state index contributed by atoms with van der Waals surface area (Å²) in [5, 5.41) is 8.74. The fraction of sp³-hybridized carbons (Fsp3) is 0.833. The van der Waals surface area contributed by atoms with Crippen LogP contribution in [-0.4, -0.2) is 16.6 Å². The third-order valence-corrected chi connectivity index (χ3v) is 3.11. The second-order valence-electron chi connectivity index (χ2n) is 2.68. The Bertz CT molecular complexity index is 162. The highest BCUT2D eigenvalue weighted by atomic mass is 127. The summed E-state index contributed by atoms with van der Waals surface area (Å²) >= 11 is 1.92. The van der Waals surface area contributed by atoms with Crippen LogP contribution >= 0.6 is 22.9 Å². The number of halogens is 1. The first-order valence-electron chi connectivity index (χ1n) is 3.28. The third-order valence-electron chi connectivity index (χ3n) is 2.15. The van der Waals surface area contributed by atoms with E-state index < -0.39 is 11.5 Å². The van der Waals surface area contributed by atoms with Crippen LogP contribution in [0.5, 0.6) is 0 Å². The molecule has 0 aromatic heterocycles. The first-order chi connectivity index (χ1) is 4.67. The number of carboxylic acid groups (broad SMARTS) is 1. The van der Waals surface area contributed by atoms with E-state index in [1.807, 2.05) is 29.8 Å². The third kappa shape index (κ3) is 1.03. The van der Waals surface area contributed by atoms with Gasteiger partial charge in [0.15, 0.2) is 0 Å². The molecule has 58 valence electrons. The normalized spacial score (nSPS) is 37.6. The predicted molar refractivity (Wildman–Crippen MR) is 45.9 cm³/mol. The Hall–Kier alpha value is 0.160. The molecule has 0 aromatic carbocycles. The van der Waals surface area contributed by atoms with Crippen molar-refractivity contribution in [2.45, 2.75) is 25.3 Å². The number of rotatable bonds is 3. The molecule has 0 aliphatic heterocycles. The van der Waals surface area contributed by atoms with Crippen molar-refractivity contribution in [3.8, 4) is 0 Å². The molecule has 2 atom stereocenters. The van der Waals surface area contributed by atoms with Crippen molar-refractivity contribution in [3.63, 3.8) is 0 Å². The average Bonchev–Trinajstić information content (AvgIpc) is 2.62. The monoisotopic (exact) mass is 255 g/mol. The van der Waals surface area contributed by atoms with Gasteiger partial charge in [-0.05, 0) is 12.3 Å². The van der Waals surface area contributed by atoms with E-state index in [-0.39, 0.29) is 0 Å². The first-order valence-corrected chi connectivity index (χ1v) is 4.36. The molecule has 1 aliphatic carbocycles. The number of carboxylic acids is 1. The molecule has 0 radical (unpaired) electrons. The smallest absolute Gasteiger partial charge is 0.324 e. The largest absolute Gasteiger partial charge is 0.480 e. The van der Waals surface area contributed by atoms with Gasteiger partial charge in [0.05, 0.1) is 0 Å². The van der Waals surface area contributed by atoms with Crippen molar-refractivity contribution in [2.75, 3.05) is 0 Å². The molecular formula is C6H10INO2. The maximum Gasteiger partial charge on any atom is 0.324 e. The number of hydrogen-bond acceptors (Lipinski definition) is 2. The molecular weight excluding hydrogens is 245 g/mol. The zero-order valence-electron chi connectivity index (χ0n) is 5.72. The lowest BCUT2D eigenvalue weighted by Gasteiger charge is -2.07. The predicted octanol–water partition coefficient (Wildman–Crippen LogP) is 1.18. The van der Waals surface area contributed by atoms with Crippen LogP contribution in [0.1, 0.15) is 19.8 Å². The molecule has 0 heterocycles. The molecule has 0 spiro atoms. The van der Waals surface area contributed by atoms with Crippen molar-refractivity contribution in [1.29, 1.82) is 0 Å². The van der Waals surface area contributed by atoms with Gasteiger partial charge in [0.1, 0.15) is 5.54 Å². The van der Waals surface area contributed by atoms with Crippen LogP contribution in [0, 0.1) is 5.92 Å². The molecule has 0 saturated heterocycles. The van der Waals surface area contributed by atoms with E-state index in [2.05, 4.69) is 3.53 Å². The Kier molecular flexibility index (Phi) is 2.19. The van der Waals surface area contributed by atoms with E-state index in [0.29, 0.717) is 5.92 Å². The van der Waals surface area contributed by atoms with Gasteiger partial charge in [-0.3, -0.25) is 4.79 Å². The van der Waals surface area contributed by atoms with E-state index in [1.54, 1.807) is 0 Å². The molecule has 2 N–H and O–H groups in total. The Labute approximate surface area is 73.7 Å². The Morgan fingerprint density at radius 2 is 2.60 bits per heavy atom. The summed E-state index contributed by atoms with van der Waals surface area (Å²) in [4.78, 5) is 10.6. The van der Waals surface area contributed by atoms with Gasteiger partial charge in [-0.2, -0.15) is 0 Å². The molecule has 1 aliphatic rings. The summed E-state index contributed by atoms with van der Waals surface area (Å²) in [6.07, 6.45) is 1.73. The summed E-state index contributed by atoms with van der Waals surface area (Å²) in [6.45, 7) is 2.02. The fourth-order valence-electron chi connectivity index (χ4n) is 1.24. The van der Waals surface area contributed by atoms with Crippen molar-refractivity contribution in [2.24, 2.45) is 5.92 Å². The van der Waals surface area contributed by atoms with Crippen LogP contribution in [0.25, 0.3) is 0 Å². The van der Waals surface area contributed by atoms with E-state index in [0.717, 1.165) is 12.8 Å². The second kappa shape index (κ2) is 2.65. The minimum atomic E-state index is -0.714. The van der Waals surface area contributed by atoms with Crippen LogP contribution in [-0.2, 0) is 4.79 Å². The van der Waals surface area contributed by atoms with Crippen LogP contribution in [0.3, 0.4) is 0 Å². The highest BCUT2D eigenvalue weighted by molar-refractivity contribution is 14.1. The lowest BCUT2D eigenvalue weighted by Crippen LogP contribution is -2.34. The van der Waals surface area contributed by atoms with Gasteiger partial charge >= 0.3 is 5.97 Å². The summed E-state index contributed by atoms with van der Waals surface area (Å²) in [5.41, 5.74) is -0.588. The van der Waals surface area contributed by atoms with Gasteiger partial charge in [0.2, 0.25) is 0 Å². The Balaban J connectivity index is 2.59. The minimum Gasteiger partial charge on any atom is -0.480 e. The molecule has 4 heteroatoms. The number of aliphatic carboxylic acids is 1. The molecule has 10 heavy (non-hydrogen) atoms. The fourth-order valence-corrected chi connectivity index (χ4v) is 2.13. The zero-order valence-corrected chi connectivity index (χ0v) is 7.88. The van der Waals surface area contributed by atoms with Crippen LogP contribution < -0.4 is 3.53 Å². The molecule has 2 unspecified atom stereocenters. The van der Waals surface area contributed by atoms with Crippen molar-refractivity contribution < 1.29 is 9.90 Å². The SMILES string of the molecule is CCC1CC1(NI)C(=O)O. The van der Waals surface area contributed by atoms with Crippen LogP contribution in [0.15, 0.2) is 0 Å². The number of hydrogen-bond donors (Lipinski definition) is 2. The number of nitrogens with one attached hydrogen (secondary N) is 1. The number of carbonyl (C=O) groups is 1. The standard InChI is InChI=1S/C6H10INO2/c1-2-4-3-6(4,8-7)5(9)10/h4,8H,2-3H2,1H3,(H,9,10). The average molecular weight is 255 g/mol. The molecule has 0 amide bonds. The summed E-state index contributed by atoms with van der Waals surface area (Å²) in [6, 6.07) is 0. The maximum atomic E-state index is 10.6. The molecule has 1 rings (SSSR count). The maximum absolute atomic E-state index is 10.6. The molecule has 1 fully saturated rings. The van der Waals surface area contributed by atoms with E-state index in [1.165, 1.54) is 0 Å². The Morgan fingerprint density at radius 1 is 2.00 bits per heavy atom.